The minimum absolute atomic E-state index is 0.760. The number of ether oxygens (including phenoxy) is 5. The van der Waals surface area contributed by atoms with E-state index >= 15 is 0 Å². The van der Waals surface area contributed by atoms with Crippen LogP contribution in [0, 0.1) is 0 Å². The Hall–Kier alpha value is -0.600. The van der Waals surface area contributed by atoms with Crippen LogP contribution in [0.25, 0.3) is 0 Å². The fourth-order valence-corrected chi connectivity index (χ4v) is 3.98. The first kappa shape index (κ1) is 27.0. The van der Waals surface area contributed by atoms with Crippen molar-refractivity contribution in [2.45, 2.75) is 99.0 Å². The van der Waals surface area contributed by atoms with Crippen LogP contribution in [0.2, 0.25) is 0 Å². The van der Waals surface area contributed by atoms with Crippen molar-refractivity contribution < 1.29 is 74.7 Å². The SMILES string of the molecule is C[C@@H]1O[C@@H](O[C@@H]2[C@@H](O[C@H]3[C@H](O)[C@@H](O)[C@H](O)O[C@@H]3CO)O[C@@H](CO)[C@@H](O)[C@H]2O)[C@@H](O)[C@H](O)[C@@H]1O. The van der Waals surface area contributed by atoms with Gasteiger partial charge in [0.25, 0.3) is 0 Å². The highest BCUT2D eigenvalue weighted by molar-refractivity contribution is 4.95. The first-order valence-electron chi connectivity index (χ1n) is 10.4. The van der Waals surface area contributed by atoms with Crippen LogP contribution in [0.5, 0.6) is 0 Å². The van der Waals surface area contributed by atoms with Crippen LogP contribution >= 0.6 is 0 Å². The highest BCUT2D eigenvalue weighted by Gasteiger charge is 2.53. The van der Waals surface area contributed by atoms with Crippen molar-refractivity contribution in [3.8, 4) is 0 Å². The Morgan fingerprint density at radius 2 is 1.12 bits per heavy atom. The third kappa shape index (κ3) is 5.32. The second kappa shape index (κ2) is 11.0. The highest BCUT2D eigenvalue weighted by Crippen LogP contribution is 2.32. The molecule has 0 aromatic rings. The third-order valence-corrected chi connectivity index (χ3v) is 6.05. The molecule has 0 radical (unpaired) electrons. The molecule has 3 heterocycles. The molecule has 15 atom stereocenters. The van der Waals surface area contributed by atoms with Crippen LogP contribution < -0.4 is 0 Å². The predicted octanol–water partition coefficient (Wildman–Crippen LogP) is -6.55. The van der Waals surface area contributed by atoms with E-state index in [9.17, 15) is 51.1 Å². The number of rotatable bonds is 6. The van der Waals surface area contributed by atoms with Gasteiger partial charge in [0.1, 0.15) is 67.1 Å². The Morgan fingerprint density at radius 1 is 0.545 bits per heavy atom. The average molecular weight is 488 g/mol. The van der Waals surface area contributed by atoms with Gasteiger partial charge in [-0.25, -0.2) is 0 Å². The largest absolute Gasteiger partial charge is 0.394 e. The topological polar surface area (TPSA) is 248 Å². The molecule has 0 unspecified atom stereocenters. The quantitative estimate of drug-likeness (QED) is 0.167. The van der Waals surface area contributed by atoms with Crippen molar-refractivity contribution in [2.24, 2.45) is 0 Å². The molecule has 0 saturated carbocycles. The molecule has 0 aliphatic carbocycles. The summed E-state index contributed by atoms with van der Waals surface area (Å²) in [6, 6.07) is 0. The number of hydrogen-bond acceptors (Lipinski definition) is 15. The zero-order valence-corrected chi connectivity index (χ0v) is 17.6. The number of aliphatic hydroxyl groups excluding tert-OH is 10. The molecule has 10 N–H and O–H groups in total. The van der Waals surface area contributed by atoms with Crippen LogP contribution in [0.3, 0.4) is 0 Å². The smallest absolute Gasteiger partial charge is 0.187 e. The summed E-state index contributed by atoms with van der Waals surface area (Å²) in [6.45, 7) is -0.128. The molecule has 3 fully saturated rings. The van der Waals surface area contributed by atoms with E-state index in [1.807, 2.05) is 0 Å². The fourth-order valence-electron chi connectivity index (χ4n) is 3.98. The summed E-state index contributed by atoms with van der Waals surface area (Å²) >= 11 is 0. The van der Waals surface area contributed by atoms with Gasteiger partial charge in [-0.2, -0.15) is 0 Å². The number of hydrogen-bond donors (Lipinski definition) is 10. The van der Waals surface area contributed by atoms with Gasteiger partial charge in [0.15, 0.2) is 18.9 Å². The second-order valence-corrected chi connectivity index (χ2v) is 8.32. The lowest BCUT2D eigenvalue weighted by Crippen LogP contribution is -2.66. The maximum atomic E-state index is 10.6. The molecule has 0 amide bonds. The van der Waals surface area contributed by atoms with Crippen LogP contribution in [-0.4, -0.2) is 156 Å². The summed E-state index contributed by atoms with van der Waals surface area (Å²) in [5.41, 5.74) is 0. The van der Waals surface area contributed by atoms with Crippen molar-refractivity contribution >= 4 is 0 Å². The van der Waals surface area contributed by atoms with Crippen molar-refractivity contribution in [1.82, 2.24) is 0 Å². The van der Waals surface area contributed by atoms with Gasteiger partial charge in [0.2, 0.25) is 0 Å². The Bertz CT molecular complexity index is 624. The van der Waals surface area contributed by atoms with Crippen LogP contribution in [0.1, 0.15) is 6.92 Å². The predicted molar refractivity (Wildman–Crippen MR) is 99.8 cm³/mol. The van der Waals surface area contributed by atoms with E-state index in [1.165, 1.54) is 6.92 Å². The Kier molecular flexibility index (Phi) is 8.99. The van der Waals surface area contributed by atoms with Crippen LogP contribution in [0.4, 0.5) is 0 Å². The Balaban J connectivity index is 1.83. The lowest BCUT2D eigenvalue weighted by molar-refractivity contribution is -0.385. The lowest BCUT2D eigenvalue weighted by atomic mass is 9.96. The average Bonchev–Trinajstić information content (AvgIpc) is 2.80. The van der Waals surface area contributed by atoms with Crippen molar-refractivity contribution in [2.75, 3.05) is 13.2 Å². The van der Waals surface area contributed by atoms with Gasteiger partial charge in [-0.3, -0.25) is 0 Å². The minimum Gasteiger partial charge on any atom is -0.394 e. The lowest BCUT2D eigenvalue weighted by Gasteiger charge is -2.48. The normalized spacial score (nSPS) is 53.7. The molecule has 3 aliphatic rings. The van der Waals surface area contributed by atoms with Gasteiger partial charge < -0.3 is 74.7 Å². The van der Waals surface area contributed by atoms with Gasteiger partial charge in [-0.1, -0.05) is 0 Å². The first-order chi connectivity index (χ1) is 15.5. The maximum Gasteiger partial charge on any atom is 0.187 e. The van der Waals surface area contributed by atoms with Gasteiger partial charge in [-0.05, 0) is 6.92 Å². The molecule has 0 aromatic carbocycles. The number of aliphatic hydroxyl groups is 10. The summed E-state index contributed by atoms with van der Waals surface area (Å²) in [6.07, 6.45) is -24.1. The zero-order chi connectivity index (χ0) is 24.6. The molecule has 3 rings (SSSR count). The van der Waals surface area contributed by atoms with E-state index in [4.69, 9.17) is 23.7 Å². The highest BCUT2D eigenvalue weighted by atomic mass is 16.8. The summed E-state index contributed by atoms with van der Waals surface area (Å²) in [7, 11) is 0. The Morgan fingerprint density at radius 3 is 1.73 bits per heavy atom. The van der Waals surface area contributed by atoms with E-state index in [0.29, 0.717) is 0 Å². The van der Waals surface area contributed by atoms with Gasteiger partial charge in [0, 0.05) is 0 Å². The maximum absolute atomic E-state index is 10.6. The van der Waals surface area contributed by atoms with Crippen LogP contribution in [0.15, 0.2) is 0 Å². The van der Waals surface area contributed by atoms with Crippen molar-refractivity contribution in [3.05, 3.63) is 0 Å². The van der Waals surface area contributed by atoms with E-state index in [1.54, 1.807) is 0 Å². The third-order valence-electron chi connectivity index (χ3n) is 6.05. The molecule has 15 heteroatoms. The molecule has 3 saturated heterocycles. The van der Waals surface area contributed by atoms with Crippen molar-refractivity contribution in [1.29, 1.82) is 0 Å². The van der Waals surface area contributed by atoms with E-state index in [2.05, 4.69) is 0 Å². The summed E-state index contributed by atoms with van der Waals surface area (Å²) in [5, 5.41) is 99.8. The molecule has 194 valence electrons. The fraction of sp³-hybridized carbons (Fsp3) is 1.00. The molecule has 3 aliphatic heterocycles. The standard InChI is InChI=1S/C18H32O15/c1-4-7(21)9(23)13(27)17(29-4)33-15-10(24)8(22)5(2-19)31-18(15)32-14-6(3-20)30-16(28)12(26)11(14)25/h4-28H,2-3H2,1H3/t4-,5-,6+,7+,8+,9+,10+,11+,12+,13-,14+,15-,16+,17-,18+/m0/s1. The minimum atomic E-state index is -1.83. The monoisotopic (exact) mass is 488 g/mol. The molecule has 0 spiro atoms. The van der Waals surface area contributed by atoms with Gasteiger partial charge >= 0.3 is 0 Å². The molecule has 0 bridgehead atoms. The molecule has 33 heavy (non-hydrogen) atoms. The zero-order valence-electron chi connectivity index (χ0n) is 17.6. The van der Waals surface area contributed by atoms with E-state index < -0.39 is 105 Å². The van der Waals surface area contributed by atoms with Gasteiger partial charge in [-0.15, -0.1) is 0 Å². The van der Waals surface area contributed by atoms with E-state index in [-0.39, 0.29) is 0 Å². The molecular formula is C18H32O15. The molecule has 15 nitrogen and oxygen atoms in total. The molecular weight excluding hydrogens is 456 g/mol. The van der Waals surface area contributed by atoms with Crippen molar-refractivity contribution in [3.63, 3.8) is 0 Å². The summed E-state index contributed by atoms with van der Waals surface area (Å²) in [5.74, 6) is 0. The second-order valence-electron chi connectivity index (χ2n) is 8.32. The first-order valence-corrected chi connectivity index (χ1v) is 10.4. The summed E-state index contributed by atoms with van der Waals surface area (Å²) in [4.78, 5) is 0. The molecule has 0 aromatic heterocycles. The van der Waals surface area contributed by atoms with E-state index in [0.717, 1.165) is 0 Å². The Labute approximate surface area is 187 Å². The van der Waals surface area contributed by atoms with Gasteiger partial charge in [0.05, 0.1) is 19.3 Å². The van der Waals surface area contributed by atoms with Crippen LogP contribution in [-0.2, 0) is 23.7 Å². The summed E-state index contributed by atoms with van der Waals surface area (Å²) < 4.78 is 26.9.